The van der Waals surface area contributed by atoms with Gasteiger partial charge >= 0.3 is 16.5 Å². The Morgan fingerprint density at radius 2 is 0.364 bits per heavy atom. The Balaban J connectivity index is -0.0000000250. The van der Waals surface area contributed by atoms with Crippen molar-refractivity contribution in [1.29, 1.82) is 0 Å². The van der Waals surface area contributed by atoms with Gasteiger partial charge in [-0.1, -0.05) is 0 Å². The van der Waals surface area contributed by atoms with Crippen molar-refractivity contribution in [2.45, 2.75) is 0 Å². The summed E-state index contributed by atoms with van der Waals surface area (Å²) >= 11 is 0. The largest absolute Gasteiger partial charge is 2.00 e. The molecule has 0 aromatic heterocycles. The monoisotopic (exact) mass is 405 g/mol. The average Bonchev–Trinajstić information content (AvgIpc) is 1.94. The van der Waals surface area contributed by atoms with Gasteiger partial charge in [-0.15, -0.1) is 0 Å². The predicted molar refractivity (Wildman–Crippen MR) is 67.1 cm³/mol. The third kappa shape index (κ3) is 453. The van der Waals surface area contributed by atoms with Crippen molar-refractivity contribution >= 4 is 9.90 Å². The van der Waals surface area contributed by atoms with E-state index in [1.54, 1.807) is 0 Å². The summed E-state index contributed by atoms with van der Waals surface area (Å²) in [5, 5.41) is 73.8. The smallest absolute Gasteiger partial charge is 0.356 e. The van der Waals surface area contributed by atoms with Crippen LogP contribution in [0.15, 0.2) is 0 Å². The summed E-state index contributed by atoms with van der Waals surface area (Å²) in [5.74, 6) is 0. The summed E-state index contributed by atoms with van der Waals surface area (Å²) in [6.45, 7) is 0. The predicted octanol–water partition coefficient (Wildman–Crippen LogP) is -1.94. The Kier molecular flexibility index (Phi) is 70.2. The fourth-order valence-electron chi connectivity index (χ4n) is 0. The normalized spacial score (nSPS) is 5.45. The van der Waals surface area contributed by atoms with Crippen LogP contribution >= 0.6 is 9.90 Å². The summed E-state index contributed by atoms with van der Waals surface area (Å²) in [6.07, 6.45) is 0. The third-order valence-electron chi connectivity index (χ3n) is 0. The molecule has 0 aliphatic heterocycles. The molecule has 0 saturated heterocycles. The molecule has 0 amide bonds. The van der Waals surface area contributed by atoms with Crippen LogP contribution in [-0.4, -0.2) is 25.4 Å². The molecule has 0 aliphatic rings. The van der Waals surface area contributed by atoms with E-state index >= 15 is 0 Å². The quantitative estimate of drug-likeness (QED) is 0.183. The Morgan fingerprint density at radius 3 is 0.364 bits per heavy atom. The molecule has 0 atom stereocenters. The molecule has 0 aromatic rings. The van der Waals surface area contributed by atoms with E-state index in [1.807, 2.05) is 0 Å². The maximum Gasteiger partial charge on any atom is 2.00 e. The molecule has 0 radical (unpaired) electrons. The van der Waals surface area contributed by atoms with Gasteiger partial charge < -0.3 is 76.6 Å². The van der Waals surface area contributed by atoms with Crippen molar-refractivity contribution in [3.63, 3.8) is 0 Å². The minimum atomic E-state index is -1.75. The molecular formula is H6N5NiO15P. The van der Waals surface area contributed by atoms with Gasteiger partial charge in [0.2, 0.25) is 0 Å². The molecule has 0 aromatic carbocycles. The standard InChI is InChI=1S/5NO3.Ni.H6P/c5*2-1(3)4;;/h;;;;;;1H6/q5*-1;+2;+3. The SMILES string of the molecule is O=[N+]([O-])[O-].O=[N+]([O-])[O-].O=[N+]([O-])[O-].O=[N+]([O-])[O-].O=[N+]([O-])[O-].[Ni+2].[PH6+3]. The third-order valence-corrected chi connectivity index (χ3v) is 0. The van der Waals surface area contributed by atoms with Crippen LogP contribution in [0.4, 0.5) is 0 Å². The van der Waals surface area contributed by atoms with Gasteiger partial charge in [0.25, 0.3) is 0 Å². The number of nitrogens with zero attached hydrogens (tertiary/aromatic N) is 5. The fraction of sp³-hybridized carbons (Fsp3) is 0. The van der Waals surface area contributed by atoms with Crippen molar-refractivity contribution < 1.29 is 41.9 Å². The van der Waals surface area contributed by atoms with Crippen molar-refractivity contribution in [1.82, 2.24) is 0 Å². The molecule has 0 spiro atoms. The molecule has 20 nitrogen and oxygen atoms in total. The van der Waals surface area contributed by atoms with E-state index in [0.717, 1.165) is 0 Å². The van der Waals surface area contributed by atoms with Gasteiger partial charge in [0.1, 0.15) is 0 Å². The van der Waals surface area contributed by atoms with E-state index in [2.05, 4.69) is 0 Å². The van der Waals surface area contributed by atoms with Gasteiger partial charge in [-0.05, 0) is 0 Å². The Labute approximate surface area is 129 Å². The van der Waals surface area contributed by atoms with Crippen LogP contribution in [0.2, 0.25) is 0 Å². The summed E-state index contributed by atoms with van der Waals surface area (Å²) in [4.78, 5) is 41.2. The molecule has 0 fully saturated rings. The van der Waals surface area contributed by atoms with Crippen molar-refractivity contribution in [3.05, 3.63) is 76.6 Å². The molecule has 0 saturated carbocycles. The Bertz CT molecular complexity index is 213. The molecule has 0 unspecified atom stereocenters. The van der Waals surface area contributed by atoms with Crippen LogP contribution in [0.5, 0.6) is 0 Å². The first kappa shape index (κ1) is 42.8. The van der Waals surface area contributed by atoms with Crippen LogP contribution in [0.3, 0.4) is 0 Å². The molecule has 22 heavy (non-hydrogen) atoms. The zero-order valence-electron chi connectivity index (χ0n) is 8.68. The summed E-state index contributed by atoms with van der Waals surface area (Å²) in [6, 6.07) is 0. The van der Waals surface area contributed by atoms with Gasteiger partial charge in [0.05, 0.1) is 25.4 Å². The molecule has 0 aliphatic carbocycles. The zero-order chi connectivity index (χ0) is 17.9. The Morgan fingerprint density at radius 1 is 0.364 bits per heavy atom. The van der Waals surface area contributed by atoms with E-state index < -0.39 is 25.4 Å². The van der Waals surface area contributed by atoms with Crippen molar-refractivity contribution in [3.8, 4) is 0 Å². The van der Waals surface area contributed by atoms with Crippen molar-refractivity contribution in [2.75, 3.05) is 0 Å². The second-order valence-electron chi connectivity index (χ2n) is 1.12. The van der Waals surface area contributed by atoms with E-state index in [-0.39, 0.29) is 26.4 Å². The maximum absolute atomic E-state index is 8.25. The molecule has 136 valence electrons. The first-order valence-corrected chi connectivity index (χ1v) is 2.74. The first-order valence-electron chi connectivity index (χ1n) is 2.74. The van der Waals surface area contributed by atoms with Gasteiger partial charge in [-0.25, -0.2) is 0 Å². The van der Waals surface area contributed by atoms with E-state index in [1.165, 1.54) is 0 Å². The fourth-order valence-corrected chi connectivity index (χ4v) is 0. The van der Waals surface area contributed by atoms with Gasteiger partial charge in [0.15, 0.2) is 0 Å². The Hall–Kier alpha value is -3.08. The first-order chi connectivity index (χ1) is 8.66. The average molecular weight is 406 g/mol. The molecule has 22 heteroatoms. The number of hydrogen-bond acceptors (Lipinski definition) is 15. The summed E-state index contributed by atoms with van der Waals surface area (Å²) in [5.41, 5.74) is 0. The van der Waals surface area contributed by atoms with Crippen LogP contribution < -0.4 is 0 Å². The van der Waals surface area contributed by atoms with E-state index in [0.29, 0.717) is 0 Å². The topological polar surface area (TPSA) is 331 Å². The zero-order valence-corrected chi connectivity index (χ0v) is 9.66. The van der Waals surface area contributed by atoms with Gasteiger partial charge in [-0.3, -0.25) is 9.90 Å². The summed E-state index contributed by atoms with van der Waals surface area (Å²) in [7, 11) is 0. The van der Waals surface area contributed by atoms with E-state index in [4.69, 9.17) is 76.6 Å². The minimum absolute atomic E-state index is 0. The van der Waals surface area contributed by atoms with Gasteiger partial charge in [0, 0.05) is 0 Å². The number of rotatable bonds is 0. The second kappa shape index (κ2) is 36.1. The number of hydrogen-bond donors (Lipinski definition) is 0. The van der Waals surface area contributed by atoms with Gasteiger partial charge in [-0.2, -0.15) is 0 Å². The minimum Gasteiger partial charge on any atom is -0.356 e. The van der Waals surface area contributed by atoms with Crippen molar-refractivity contribution in [2.24, 2.45) is 0 Å². The molecule has 0 heterocycles. The van der Waals surface area contributed by atoms with Crippen LogP contribution in [-0.2, 0) is 16.5 Å². The van der Waals surface area contributed by atoms with Crippen LogP contribution in [0, 0.1) is 76.6 Å². The van der Waals surface area contributed by atoms with Crippen LogP contribution in [0.1, 0.15) is 0 Å². The molecule has 0 N–H and O–H groups in total. The molecule has 0 rings (SSSR count). The van der Waals surface area contributed by atoms with E-state index in [9.17, 15) is 0 Å². The summed E-state index contributed by atoms with van der Waals surface area (Å²) < 4.78 is 0. The van der Waals surface area contributed by atoms with Crippen LogP contribution in [0.25, 0.3) is 0 Å². The maximum atomic E-state index is 8.25. The molecule has 0 bridgehead atoms. The second-order valence-corrected chi connectivity index (χ2v) is 1.12. The molecular weight excluding hydrogens is 400 g/mol.